The predicted molar refractivity (Wildman–Crippen MR) is 89.9 cm³/mol. The molecule has 0 spiro atoms. The molecule has 1 aliphatic rings. The van der Waals surface area contributed by atoms with Crippen LogP contribution in [0.15, 0.2) is 23.0 Å². The van der Waals surface area contributed by atoms with Crippen molar-refractivity contribution in [1.82, 2.24) is 25.1 Å². The molecule has 0 bridgehead atoms. The molecule has 146 valence electrons. The van der Waals surface area contributed by atoms with Crippen LogP contribution < -0.4 is 11.0 Å². The molecule has 0 radical (unpaired) electrons. The Morgan fingerprint density at radius 3 is 2.67 bits per heavy atom. The van der Waals surface area contributed by atoms with E-state index in [1.807, 2.05) is 0 Å². The molecule has 0 saturated heterocycles. The maximum atomic E-state index is 13.5. The highest BCUT2D eigenvalue weighted by Crippen LogP contribution is 2.42. The first-order valence-corrected chi connectivity index (χ1v) is 8.65. The van der Waals surface area contributed by atoms with Gasteiger partial charge in [0.05, 0.1) is 17.6 Å². The van der Waals surface area contributed by atoms with Gasteiger partial charge >= 0.3 is 5.69 Å². The third kappa shape index (κ3) is 4.49. The van der Waals surface area contributed by atoms with E-state index < -0.39 is 29.4 Å². The highest BCUT2D eigenvalue weighted by molar-refractivity contribution is 6.30. The fraction of sp³-hybridized carbons (Fsp3) is 0.500. The van der Waals surface area contributed by atoms with Gasteiger partial charge in [-0.1, -0.05) is 17.7 Å². The highest BCUT2D eigenvalue weighted by Gasteiger charge is 2.45. The van der Waals surface area contributed by atoms with Gasteiger partial charge in [0.2, 0.25) is 11.8 Å². The number of rotatable bonds is 6. The van der Waals surface area contributed by atoms with Crippen LogP contribution in [0, 0.1) is 11.7 Å². The third-order valence-corrected chi connectivity index (χ3v) is 4.72. The van der Waals surface area contributed by atoms with E-state index in [1.165, 1.54) is 12.1 Å². The van der Waals surface area contributed by atoms with Crippen molar-refractivity contribution in [2.75, 3.05) is 0 Å². The fourth-order valence-electron chi connectivity index (χ4n) is 2.97. The van der Waals surface area contributed by atoms with E-state index in [1.54, 1.807) is 13.0 Å². The van der Waals surface area contributed by atoms with Gasteiger partial charge in [0.25, 0.3) is 0 Å². The van der Waals surface area contributed by atoms with Crippen LogP contribution in [0.2, 0.25) is 5.02 Å². The van der Waals surface area contributed by atoms with E-state index in [2.05, 4.69) is 15.7 Å². The summed E-state index contributed by atoms with van der Waals surface area (Å²) in [7, 11) is 0. The molecule has 1 fully saturated rings. The van der Waals surface area contributed by atoms with Crippen molar-refractivity contribution in [3.8, 4) is 0 Å². The van der Waals surface area contributed by atoms with Gasteiger partial charge in [0.15, 0.2) is 0 Å². The van der Waals surface area contributed by atoms with Gasteiger partial charge in [-0.3, -0.25) is 4.79 Å². The van der Waals surface area contributed by atoms with Crippen LogP contribution >= 0.6 is 11.6 Å². The van der Waals surface area contributed by atoms with Crippen LogP contribution in [0.3, 0.4) is 0 Å². The number of hydrogen-bond acceptors (Lipinski definition) is 4. The number of nitrogens with one attached hydrogen (secondary N) is 1. The average Bonchev–Trinajstić information content (AvgIpc) is 2.88. The largest absolute Gasteiger partial charge is 0.364 e. The Labute approximate surface area is 157 Å². The number of halogens is 4. The Morgan fingerprint density at radius 2 is 2.04 bits per heavy atom. The van der Waals surface area contributed by atoms with Crippen LogP contribution in [0.5, 0.6) is 0 Å². The Bertz CT molecular complexity index is 906. The second-order valence-corrected chi connectivity index (χ2v) is 7.10. The van der Waals surface area contributed by atoms with Crippen molar-refractivity contribution in [2.24, 2.45) is 5.92 Å². The van der Waals surface area contributed by atoms with Gasteiger partial charge in [0.1, 0.15) is 12.4 Å². The maximum Gasteiger partial charge on any atom is 0.364 e. The predicted octanol–water partition coefficient (Wildman–Crippen LogP) is 2.15. The Balaban J connectivity index is 1.58. The van der Waals surface area contributed by atoms with Gasteiger partial charge in [0, 0.05) is 12.8 Å². The Hall–Kier alpha value is -2.36. The molecule has 1 amide bonds. The highest BCUT2D eigenvalue weighted by atomic mass is 35.5. The molecule has 1 aliphatic carbocycles. The normalized spacial score (nSPS) is 17.4. The standard InChI is InChI=1S/C16H17ClF3N5O2/c1-9(11-2-3-12(17)13(18)4-11)21-14(26)8-25-15(27)24(22-23-25)7-10-5-16(19,20)6-10/h2-4,9-10H,5-8H2,1H3,(H,21,26)/t9-/m0/s1. The van der Waals surface area contributed by atoms with Gasteiger partial charge in [-0.2, -0.15) is 9.36 Å². The zero-order chi connectivity index (χ0) is 19.8. The summed E-state index contributed by atoms with van der Waals surface area (Å²) in [5.41, 5.74) is -0.141. The van der Waals surface area contributed by atoms with Crippen molar-refractivity contribution in [3.05, 3.63) is 45.1 Å². The lowest BCUT2D eigenvalue weighted by atomic mass is 9.81. The van der Waals surface area contributed by atoms with Gasteiger partial charge in [-0.25, -0.2) is 18.0 Å². The minimum atomic E-state index is -2.68. The van der Waals surface area contributed by atoms with Crippen molar-refractivity contribution in [3.63, 3.8) is 0 Å². The summed E-state index contributed by atoms with van der Waals surface area (Å²) >= 11 is 5.62. The Morgan fingerprint density at radius 1 is 1.37 bits per heavy atom. The molecule has 1 aromatic heterocycles. The minimum Gasteiger partial charge on any atom is -0.348 e. The van der Waals surface area contributed by atoms with Crippen LogP contribution in [0.4, 0.5) is 13.2 Å². The lowest BCUT2D eigenvalue weighted by molar-refractivity contribution is -0.122. The number of carbonyl (C=O) groups excluding carboxylic acids is 1. The van der Waals surface area contributed by atoms with Crippen LogP contribution in [0.1, 0.15) is 31.4 Å². The van der Waals surface area contributed by atoms with Crippen molar-refractivity contribution in [1.29, 1.82) is 0 Å². The van der Waals surface area contributed by atoms with Gasteiger partial charge in [-0.05, 0) is 41.0 Å². The number of benzene rings is 1. The molecule has 1 atom stereocenters. The summed E-state index contributed by atoms with van der Waals surface area (Å²) in [5.74, 6) is -4.14. The number of carbonyl (C=O) groups is 1. The zero-order valence-corrected chi connectivity index (χ0v) is 15.1. The molecule has 1 N–H and O–H groups in total. The van der Waals surface area contributed by atoms with Crippen LogP contribution in [-0.4, -0.2) is 31.6 Å². The molecule has 27 heavy (non-hydrogen) atoms. The number of aromatic nitrogens is 4. The number of hydrogen-bond donors (Lipinski definition) is 1. The van der Waals surface area contributed by atoms with E-state index >= 15 is 0 Å². The van der Waals surface area contributed by atoms with E-state index in [0.29, 0.717) is 5.56 Å². The zero-order valence-electron chi connectivity index (χ0n) is 14.3. The Kier molecular flexibility index (Phi) is 5.27. The molecule has 7 nitrogen and oxygen atoms in total. The number of alkyl halides is 2. The van der Waals surface area contributed by atoms with Gasteiger partial charge in [-0.15, -0.1) is 0 Å². The third-order valence-electron chi connectivity index (χ3n) is 4.42. The second-order valence-electron chi connectivity index (χ2n) is 6.69. The summed E-state index contributed by atoms with van der Waals surface area (Å²) < 4.78 is 41.1. The lowest BCUT2D eigenvalue weighted by Crippen LogP contribution is -2.40. The molecular formula is C16H17ClF3N5O2. The molecular weight excluding hydrogens is 387 g/mol. The van der Waals surface area contributed by atoms with E-state index in [9.17, 15) is 22.8 Å². The number of amides is 1. The fourth-order valence-corrected chi connectivity index (χ4v) is 3.08. The summed E-state index contributed by atoms with van der Waals surface area (Å²) in [6.45, 7) is 1.30. The van der Waals surface area contributed by atoms with Crippen molar-refractivity contribution < 1.29 is 18.0 Å². The molecule has 1 aromatic carbocycles. The van der Waals surface area contributed by atoms with E-state index in [-0.39, 0.29) is 36.9 Å². The van der Waals surface area contributed by atoms with Gasteiger partial charge < -0.3 is 5.32 Å². The monoisotopic (exact) mass is 403 g/mol. The SMILES string of the molecule is C[C@H](NC(=O)Cn1nnn(CC2CC(F)(F)C2)c1=O)c1ccc(Cl)c(F)c1. The number of nitrogens with zero attached hydrogens (tertiary/aromatic N) is 4. The summed E-state index contributed by atoms with van der Waals surface area (Å²) in [4.78, 5) is 24.3. The quantitative estimate of drug-likeness (QED) is 0.801. The van der Waals surface area contributed by atoms with Crippen molar-refractivity contribution >= 4 is 17.5 Å². The average molecular weight is 404 g/mol. The van der Waals surface area contributed by atoms with Crippen molar-refractivity contribution in [2.45, 2.75) is 44.8 Å². The van der Waals surface area contributed by atoms with Crippen LogP contribution in [0.25, 0.3) is 0 Å². The number of tetrazole rings is 1. The maximum absolute atomic E-state index is 13.5. The molecule has 0 aliphatic heterocycles. The summed E-state index contributed by atoms with van der Waals surface area (Å²) in [6, 6.07) is 3.65. The topological polar surface area (TPSA) is 81.8 Å². The minimum absolute atomic E-state index is 0.0235. The smallest absolute Gasteiger partial charge is 0.348 e. The summed E-state index contributed by atoms with van der Waals surface area (Å²) in [6.07, 6.45) is -0.579. The lowest BCUT2D eigenvalue weighted by Gasteiger charge is -2.34. The first kappa shape index (κ1) is 19.4. The molecule has 2 aromatic rings. The van der Waals surface area contributed by atoms with E-state index in [4.69, 9.17) is 11.6 Å². The molecule has 1 saturated carbocycles. The molecule has 1 heterocycles. The first-order chi connectivity index (χ1) is 12.6. The van der Waals surface area contributed by atoms with Crippen LogP contribution in [-0.2, 0) is 17.9 Å². The molecule has 11 heteroatoms. The van der Waals surface area contributed by atoms with E-state index in [0.717, 1.165) is 9.36 Å². The molecule has 3 rings (SSSR count). The summed E-state index contributed by atoms with van der Waals surface area (Å²) in [5, 5.41) is 9.82. The second kappa shape index (κ2) is 7.34. The molecule has 0 unspecified atom stereocenters. The first-order valence-electron chi connectivity index (χ1n) is 8.27.